The summed E-state index contributed by atoms with van der Waals surface area (Å²) in [6.45, 7) is 13.5. The monoisotopic (exact) mass is 258 g/mol. The van der Waals surface area contributed by atoms with E-state index in [1.54, 1.807) is 0 Å². The van der Waals surface area contributed by atoms with E-state index in [-0.39, 0.29) is 5.54 Å². The summed E-state index contributed by atoms with van der Waals surface area (Å²) in [6.07, 6.45) is 1.22. The molecule has 0 aliphatic carbocycles. The summed E-state index contributed by atoms with van der Waals surface area (Å²) in [5, 5.41) is 0. The van der Waals surface area contributed by atoms with Crippen molar-refractivity contribution in [2.45, 2.75) is 46.6 Å². The first kappa shape index (κ1) is 15.3. The van der Waals surface area contributed by atoms with Crippen LogP contribution in [0.15, 0.2) is 0 Å². The summed E-state index contributed by atoms with van der Waals surface area (Å²) in [4.78, 5) is 2.51. The molecule has 1 aliphatic rings. The highest BCUT2D eigenvalue weighted by Crippen LogP contribution is 2.42. The van der Waals surface area contributed by atoms with E-state index in [2.05, 4.69) is 58.3 Å². The van der Waals surface area contributed by atoms with Gasteiger partial charge in [0.05, 0.1) is 0 Å². The number of hydrogen-bond donors (Lipinski definition) is 1. The van der Waals surface area contributed by atoms with Gasteiger partial charge in [0.15, 0.2) is 0 Å². The zero-order valence-electron chi connectivity index (χ0n) is 12.5. The third-order valence-corrected chi connectivity index (χ3v) is 5.30. The van der Waals surface area contributed by atoms with Gasteiger partial charge in [0, 0.05) is 24.4 Å². The highest BCUT2D eigenvalue weighted by atomic mass is 32.2. The molecule has 3 heteroatoms. The van der Waals surface area contributed by atoms with Crippen LogP contribution in [0.1, 0.15) is 41.0 Å². The van der Waals surface area contributed by atoms with Crippen molar-refractivity contribution < 1.29 is 0 Å². The molecule has 1 aliphatic heterocycles. The Labute approximate surface area is 112 Å². The lowest BCUT2D eigenvalue weighted by atomic mass is 9.78. The van der Waals surface area contributed by atoms with Gasteiger partial charge in [-0.15, -0.1) is 0 Å². The van der Waals surface area contributed by atoms with Crippen LogP contribution in [0.25, 0.3) is 0 Å². The fourth-order valence-corrected chi connectivity index (χ4v) is 4.50. The SMILES string of the molecule is CN(CC(C)(C)C)C1(CN)CSCC(C)(C)C1. The molecule has 1 atom stereocenters. The van der Waals surface area contributed by atoms with Gasteiger partial charge in [-0.25, -0.2) is 0 Å². The van der Waals surface area contributed by atoms with Crippen LogP contribution in [0.3, 0.4) is 0 Å². The summed E-state index contributed by atoms with van der Waals surface area (Å²) in [5.74, 6) is 2.44. The van der Waals surface area contributed by atoms with Gasteiger partial charge < -0.3 is 5.73 Å². The van der Waals surface area contributed by atoms with Crippen LogP contribution in [-0.2, 0) is 0 Å². The van der Waals surface area contributed by atoms with Gasteiger partial charge in [0.2, 0.25) is 0 Å². The van der Waals surface area contributed by atoms with E-state index >= 15 is 0 Å². The lowest BCUT2D eigenvalue weighted by Gasteiger charge is -2.50. The Balaban J connectivity index is 2.80. The number of likely N-dealkylation sites (N-methyl/N-ethyl adjacent to an activating group) is 1. The van der Waals surface area contributed by atoms with Gasteiger partial charge in [0.25, 0.3) is 0 Å². The van der Waals surface area contributed by atoms with Crippen molar-refractivity contribution in [3.05, 3.63) is 0 Å². The van der Waals surface area contributed by atoms with Crippen molar-refractivity contribution in [3.8, 4) is 0 Å². The van der Waals surface area contributed by atoms with E-state index in [1.807, 2.05) is 0 Å². The van der Waals surface area contributed by atoms with Gasteiger partial charge >= 0.3 is 0 Å². The Morgan fingerprint density at radius 2 is 1.82 bits per heavy atom. The second-order valence-electron chi connectivity index (χ2n) is 7.68. The number of thioether (sulfide) groups is 1. The van der Waals surface area contributed by atoms with Crippen molar-refractivity contribution >= 4 is 11.8 Å². The molecule has 1 heterocycles. The Morgan fingerprint density at radius 1 is 1.24 bits per heavy atom. The maximum Gasteiger partial charge on any atom is 0.0424 e. The topological polar surface area (TPSA) is 29.3 Å². The average molecular weight is 258 g/mol. The second-order valence-corrected chi connectivity index (χ2v) is 8.66. The van der Waals surface area contributed by atoms with Gasteiger partial charge in [0.1, 0.15) is 0 Å². The quantitative estimate of drug-likeness (QED) is 0.844. The predicted molar refractivity (Wildman–Crippen MR) is 79.6 cm³/mol. The Bertz CT molecular complexity index is 257. The highest BCUT2D eigenvalue weighted by molar-refractivity contribution is 7.99. The minimum Gasteiger partial charge on any atom is -0.329 e. The largest absolute Gasteiger partial charge is 0.329 e. The summed E-state index contributed by atoms with van der Waals surface area (Å²) < 4.78 is 0. The van der Waals surface area contributed by atoms with Crippen LogP contribution >= 0.6 is 11.8 Å². The first-order valence-electron chi connectivity index (χ1n) is 6.59. The maximum atomic E-state index is 6.12. The third-order valence-electron chi connectivity index (χ3n) is 3.57. The molecule has 0 bridgehead atoms. The lowest BCUT2D eigenvalue weighted by molar-refractivity contribution is 0.0641. The van der Waals surface area contributed by atoms with Crippen LogP contribution < -0.4 is 5.73 Å². The molecular weight excluding hydrogens is 228 g/mol. The summed E-state index contributed by atoms with van der Waals surface area (Å²) >= 11 is 2.07. The summed E-state index contributed by atoms with van der Waals surface area (Å²) in [7, 11) is 2.25. The van der Waals surface area contributed by atoms with Crippen molar-refractivity contribution in [1.82, 2.24) is 4.90 Å². The maximum absolute atomic E-state index is 6.12. The van der Waals surface area contributed by atoms with Crippen LogP contribution in [-0.4, -0.2) is 42.1 Å². The van der Waals surface area contributed by atoms with Crippen LogP contribution in [0.5, 0.6) is 0 Å². The molecule has 0 aromatic carbocycles. The predicted octanol–water partition coefficient (Wildman–Crippen LogP) is 2.82. The van der Waals surface area contributed by atoms with E-state index in [0.29, 0.717) is 10.8 Å². The molecule has 17 heavy (non-hydrogen) atoms. The first-order chi connectivity index (χ1) is 7.60. The molecule has 1 saturated heterocycles. The van der Waals surface area contributed by atoms with Crippen LogP contribution in [0.2, 0.25) is 0 Å². The van der Waals surface area contributed by atoms with Gasteiger partial charge in [-0.2, -0.15) is 11.8 Å². The van der Waals surface area contributed by atoms with E-state index in [1.165, 1.54) is 17.9 Å². The molecule has 0 saturated carbocycles. The van der Waals surface area contributed by atoms with Crippen molar-refractivity contribution in [2.75, 3.05) is 31.6 Å². The molecule has 0 amide bonds. The average Bonchev–Trinajstić information content (AvgIpc) is 2.13. The molecule has 2 nitrogen and oxygen atoms in total. The molecule has 0 spiro atoms. The molecule has 102 valence electrons. The molecule has 0 aromatic heterocycles. The lowest BCUT2D eigenvalue weighted by Crippen LogP contribution is -2.60. The second kappa shape index (κ2) is 5.10. The Morgan fingerprint density at radius 3 is 2.24 bits per heavy atom. The van der Waals surface area contributed by atoms with Crippen LogP contribution in [0.4, 0.5) is 0 Å². The summed E-state index contributed by atoms with van der Waals surface area (Å²) in [6, 6.07) is 0. The molecule has 1 unspecified atom stereocenters. The molecular formula is C14H30N2S. The standard InChI is InChI=1S/C14H30N2S/c1-12(2,3)9-16(6)14(8-15)7-13(4,5)10-17-11-14/h7-11,15H2,1-6H3. The van der Waals surface area contributed by atoms with Crippen LogP contribution in [0, 0.1) is 10.8 Å². The van der Waals surface area contributed by atoms with Gasteiger partial charge in [-0.05, 0) is 30.1 Å². The van der Waals surface area contributed by atoms with E-state index in [0.717, 1.165) is 13.1 Å². The number of rotatable bonds is 3. The molecule has 1 fully saturated rings. The van der Waals surface area contributed by atoms with Gasteiger partial charge in [-0.1, -0.05) is 34.6 Å². The highest BCUT2D eigenvalue weighted by Gasteiger charge is 2.43. The normalized spacial score (nSPS) is 29.6. The van der Waals surface area contributed by atoms with Crippen molar-refractivity contribution in [1.29, 1.82) is 0 Å². The Hall–Kier alpha value is 0.270. The molecule has 1 rings (SSSR count). The number of nitrogens with zero attached hydrogens (tertiary/aromatic N) is 1. The zero-order chi connectivity index (χ0) is 13.3. The fraction of sp³-hybridized carbons (Fsp3) is 1.00. The fourth-order valence-electron chi connectivity index (χ4n) is 2.92. The van der Waals surface area contributed by atoms with E-state index in [4.69, 9.17) is 5.73 Å². The Kier molecular flexibility index (Phi) is 4.60. The third kappa shape index (κ3) is 4.15. The van der Waals surface area contributed by atoms with E-state index in [9.17, 15) is 0 Å². The minimum absolute atomic E-state index is 0.194. The number of nitrogens with two attached hydrogens (primary N) is 1. The molecule has 0 aromatic rings. The number of hydrogen-bond acceptors (Lipinski definition) is 3. The minimum atomic E-state index is 0.194. The van der Waals surface area contributed by atoms with E-state index < -0.39 is 0 Å². The molecule has 0 radical (unpaired) electrons. The van der Waals surface area contributed by atoms with Crippen molar-refractivity contribution in [2.24, 2.45) is 16.6 Å². The van der Waals surface area contributed by atoms with Gasteiger partial charge in [-0.3, -0.25) is 4.90 Å². The first-order valence-corrected chi connectivity index (χ1v) is 7.75. The van der Waals surface area contributed by atoms with Crippen molar-refractivity contribution in [3.63, 3.8) is 0 Å². The zero-order valence-corrected chi connectivity index (χ0v) is 13.3. The summed E-state index contributed by atoms with van der Waals surface area (Å²) in [5.41, 5.74) is 7.07. The smallest absolute Gasteiger partial charge is 0.0424 e. The molecule has 2 N–H and O–H groups in total.